The molecule has 0 aliphatic rings. The Morgan fingerprint density at radius 1 is 1.18 bits per heavy atom. The maximum Gasteiger partial charge on any atom is 0.165 e. The van der Waals surface area contributed by atoms with Crippen molar-refractivity contribution in [3.63, 3.8) is 0 Å². The second-order valence-electron chi connectivity index (χ2n) is 2.00. The highest BCUT2D eigenvalue weighted by molar-refractivity contribution is 5.30. The molecule has 1 N–H and O–H groups in total. The topological polar surface area (TPSA) is 38.7 Å². The predicted octanol–water partition coefficient (Wildman–Crippen LogP) is 1.94. The molecule has 0 spiro atoms. The first-order valence-electron chi connectivity index (χ1n) is 3.41. The molecule has 0 bridgehead atoms. The molecule has 60 valence electrons. The number of benzene rings is 1. The van der Waals surface area contributed by atoms with Gasteiger partial charge in [-0.3, -0.25) is 0 Å². The molecule has 1 rings (SSSR count). The second-order valence-corrected chi connectivity index (χ2v) is 2.00. The molecular formula is C8H10O3. The molecule has 0 unspecified atom stereocenters. The van der Waals surface area contributed by atoms with Gasteiger partial charge in [-0.05, 0) is 31.2 Å². The van der Waals surface area contributed by atoms with Gasteiger partial charge < -0.3 is 9.62 Å². The maximum atomic E-state index is 8.22. The Kier molecular flexibility index (Phi) is 2.74. The Hall–Kier alpha value is -1.22. The molecule has 1 aromatic rings. The zero-order valence-electron chi connectivity index (χ0n) is 6.28. The van der Waals surface area contributed by atoms with Crippen LogP contribution in [0.2, 0.25) is 0 Å². The zero-order chi connectivity index (χ0) is 8.10. The van der Waals surface area contributed by atoms with Gasteiger partial charge in [0.05, 0.1) is 6.61 Å². The van der Waals surface area contributed by atoms with Crippen LogP contribution in [0.15, 0.2) is 24.3 Å². The van der Waals surface area contributed by atoms with Crippen molar-refractivity contribution >= 4 is 0 Å². The standard InChI is InChI=1S/C8H10O3/c1-2-10-7-3-5-8(11-9)6-4-7/h3-6,9H,2H2,1H3. The lowest BCUT2D eigenvalue weighted by atomic mass is 10.3. The number of rotatable bonds is 3. The molecule has 3 heteroatoms. The number of hydrogen-bond acceptors (Lipinski definition) is 3. The highest BCUT2D eigenvalue weighted by Crippen LogP contribution is 2.16. The molecule has 0 aromatic heterocycles. The minimum Gasteiger partial charge on any atom is -0.494 e. The average Bonchev–Trinajstić information content (AvgIpc) is 2.07. The monoisotopic (exact) mass is 154 g/mol. The summed E-state index contributed by atoms with van der Waals surface area (Å²) in [5.41, 5.74) is 0. The fraction of sp³-hybridized carbons (Fsp3) is 0.250. The van der Waals surface area contributed by atoms with Crippen LogP contribution in [0.3, 0.4) is 0 Å². The van der Waals surface area contributed by atoms with Gasteiger partial charge in [0, 0.05) is 0 Å². The molecule has 0 heterocycles. The van der Waals surface area contributed by atoms with E-state index < -0.39 is 0 Å². The van der Waals surface area contributed by atoms with Crippen molar-refractivity contribution in [3.05, 3.63) is 24.3 Å². The summed E-state index contributed by atoms with van der Waals surface area (Å²) in [4.78, 5) is 3.99. The first-order valence-corrected chi connectivity index (χ1v) is 3.41. The van der Waals surface area contributed by atoms with Crippen molar-refractivity contribution < 1.29 is 14.9 Å². The zero-order valence-corrected chi connectivity index (χ0v) is 6.28. The number of ether oxygens (including phenoxy) is 1. The van der Waals surface area contributed by atoms with Crippen LogP contribution < -0.4 is 9.62 Å². The van der Waals surface area contributed by atoms with Gasteiger partial charge >= 0.3 is 0 Å². The van der Waals surface area contributed by atoms with Crippen LogP contribution in [0.4, 0.5) is 0 Å². The van der Waals surface area contributed by atoms with Crippen molar-refractivity contribution in [1.82, 2.24) is 0 Å². The fourth-order valence-corrected chi connectivity index (χ4v) is 0.763. The lowest BCUT2D eigenvalue weighted by Gasteiger charge is -2.01. The molecule has 11 heavy (non-hydrogen) atoms. The van der Waals surface area contributed by atoms with Crippen molar-refractivity contribution in [2.75, 3.05) is 6.61 Å². The minimum absolute atomic E-state index is 0.411. The normalized spacial score (nSPS) is 9.27. The van der Waals surface area contributed by atoms with E-state index in [1.807, 2.05) is 6.92 Å². The van der Waals surface area contributed by atoms with Crippen LogP contribution in [0.1, 0.15) is 6.92 Å². The van der Waals surface area contributed by atoms with Crippen LogP contribution in [0.25, 0.3) is 0 Å². The summed E-state index contributed by atoms with van der Waals surface area (Å²) < 4.78 is 5.17. The molecule has 0 atom stereocenters. The summed E-state index contributed by atoms with van der Waals surface area (Å²) in [6.07, 6.45) is 0. The highest BCUT2D eigenvalue weighted by Gasteiger charge is 1.92. The van der Waals surface area contributed by atoms with Crippen molar-refractivity contribution in [3.8, 4) is 11.5 Å². The van der Waals surface area contributed by atoms with Gasteiger partial charge in [0.15, 0.2) is 5.75 Å². The first kappa shape index (κ1) is 7.88. The lowest BCUT2D eigenvalue weighted by molar-refractivity contribution is -0.137. The van der Waals surface area contributed by atoms with Crippen LogP contribution in [0, 0.1) is 0 Å². The predicted molar refractivity (Wildman–Crippen MR) is 40.9 cm³/mol. The van der Waals surface area contributed by atoms with E-state index in [1.165, 1.54) is 0 Å². The first-order chi connectivity index (χ1) is 5.36. The van der Waals surface area contributed by atoms with Gasteiger partial charge in [0.2, 0.25) is 0 Å². The molecule has 0 saturated carbocycles. The molecule has 0 aliphatic heterocycles. The van der Waals surface area contributed by atoms with E-state index >= 15 is 0 Å². The van der Waals surface area contributed by atoms with E-state index in [4.69, 9.17) is 9.99 Å². The fourth-order valence-electron chi connectivity index (χ4n) is 0.763. The average molecular weight is 154 g/mol. The van der Waals surface area contributed by atoms with Gasteiger partial charge in [-0.2, -0.15) is 0 Å². The van der Waals surface area contributed by atoms with Crippen LogP contribution in [-0.2, 0) is 0 Å². The Balaban J connectivity index is 2.66. The van der Waals surface area contributed by atoms with E-state index in [2.05, 4.69) is 4.89 Å². The molecule has 3 nitrogen and oxygen atoms in total. The van der Waals surface area contributed by atoms with E-state index in [9.17, 15) is 0 Å². The Morgan fingerprint density at radius 2 is 1.73 bits per heavy atom. The second kappa shape index (κ2) is 3.83. The largest absolute Gasteiger partial charge is 0.494 e. The molecule has 1 aromatic carbocycles. The minimum atomic E-state index is 0.411. The van der Waals surface area contributed by atoms with Gasteiger partial charge in [-0.15, -0.1) is 0 Å². The number of hydrogen-bond donors (Lipinski definition) is 1. The molecule has 0 amide bonds. The van der Waals surface area contributed by atoms with Crippen LogP contribution >= 0.6 is 0 Å². The summed E-state index contributed by atoms with van der Waals surface area (Å²) >= 11 is 0. The van der Waals surface area contributed by atoms with Crippen LogP contribution in [-0.4, -0.2) is 11.9 Å². The van der Waals surface area contributed by atoms with Crippen molar-refractivity contribution in [2.24, 2.45) is 0 Å². The molecule has 0 fully saturated rings. The van der Waals surface area contributed by atoms with E-state index in [1.54, 1.807) is 24.3 Å². The van der Waals surface area contributed by atoms with Crippen LogP contribution in [0.5, 0.6) is 11.5 Å². The quantitative estimate of drug-likeness (QED) is 0.534. The summed E-state index contributed by atoms with van der Waals surface area (Å²) in [5, 5.41) is 8.22. The SMILES string of the molecule is CCOc1ccc(OO)cc1. The maximum absolute atomic E-state index is 8.22. The Bertz CT molecular complexity index is 205. The summed E-state index contributed by atoms with van der Waals surface area (Å²) in [6, 6.07) is 6.72. The third-order valence-electron chi connectivity index (χ3n) is 1.24. The smallest absolute Gasteiger partial charge is 0.165 e. The molecule has 0 aliphatic carbocycles. The summed E-state index contributed by atoms with van der Waals surface area (Å²) in [6.45, 7) is 2.55. The van der Waals surface area contributed by atoms with Gasteiger partial charge in [0.1, 0.15) is 5.75 Å². The van der Waals surface area contributed by atoms with Crippen molar-refractivity contribution in [1.29, 1.82) is 0 Å². The Morgan fingerprint density at radius 3 is 2.18 bits per heavy atom. The van der Waals surface area contributed by atoms with Gasteiger partial charge in [0.25, 0.3) is 0 Å². The summed E-state index contributed by atoms with van der Waals surface area (Å²) in [5.74, 6) is 1.18. The molecule has 0 saturated heterocycles. The van der Waals surface area contributed by atoms with E-state index in [0.29, 0.717) is 12.4 Å². The van der Waals surface area contributed by atoms with Gasteiger partial charge in [-0.1, -0.05) is 0 Å². The summed E-state index contributed by atoms with van der Waals surface area (Å²) in [7, 11) is 0. The molecule has 0 radical (unpaired) electrons. The Labute approximate surface area is 65.1 Å². The third kappa shape index (κ3) is 2.13. The molecular weight excluding hydrogens is 144 g/mol. The van der Waals surface area contributed by atoms with Gasteiger partial charge in [-0.25, -0.2) is 5.26 Å². The highest BCUT2D eigenvalue weighted by atomic mass is 17.1. The lowest BCUT2D eigenvalue weighted by Crippen LogP contribution is -1.90. The van der Waals surface area contributed by atoms with Crippen molar-refractivity contribution in [2.45, 2.75) is 6.92 Å². The third-order valence-corrected chi connectivity index (χ3v) is 1.24. The van der Waals surface area contributed by atoms with E-state index in [-0.39, 0.29) is 0 Å². The van der Waals surface area contributed by atoms with E-state index in [0.717, 1.165) is 5.75 Å².